The molecule has 0 saturated carbocycles. The first-order valence-electron chi connectivity index (χ1n) is 8.69. The molecule has 0 atom stereocenters. The van der Waals surface area contributed by atoms with E-state index in [2.05, 4.69) is 10.6 Å². The first-order chi connectivity index (χ1) is 13.3. The SMILES string of the molecule is CCOC(=O)Oc1ccc(CCNC(=O)CNC(C)=O)cc1OC(=O)OCC. The maximum atomic E-state index is 11.6. The molecule has 0 heterocycles. The lowest BCUT2D eigenvalue weighted by Gasteiger charge is -2.12. The zero-order valence-electron chi connectivity index (χ0n) is 16.0. The fourth-order valence-electron chi connectivity index (χ4n) is 1.96. The molecule has 0 unspecified atom stereocenters. The number of carbonyl (C=O) groups excluding carboxylic acids is 4. The van der Waals surface area contributed by atoms with Crippen molar-refractivity contribution in [3.63, 3.8) is 0 Å². The summed E-state index contributed by atoms with van der Waals surface area (Å²) in [5.41, 5.74) is 0.704. The van der Waals surface area contributed by atoms with Crippen molar-refractivity contribution in [3.8, 4) is 11.5 Å². The molecule has 2 amide bonds. The Labute approximate surface area is 162 Å². The molecule has 2 N–H and O–H groups in total. The van der Waals surface area contributed by atoms with E-state index >= 15 is 0 Å². The van der Waals surface area contributed by atoms with E-state index in [0.29, 0.717) is 12.0 Å². The van der Waals surface area contributed by atoms with Crippen LogP contribution in [0.25, 0.3) is 0 Å². The van der Waals surface area contributed by atoms with Gasteiger partial charge in [-0.2, -0.15) is 0 Å². The van der Waals surface area contributed by atoms with Gasteiger partial charge in [0.25, 0.3) is 0 Å². The van der Waals surface area contributed by atoms with Gasteiger partial charge in [-0.15, -0.1) is 0 Å². The quantitative estimate of drug-likeness (QED) is 0.475. The van der Waals surface area contributed by atoms with Crippen LogP contribution in [0.2, 0.25) is 0 Å². The highest BCUT2D eigenvalue weighted by Gasteiger charge is 2.16. The number of amides is 2. The molecule has 0 radical (unpaired) electrons. The summed E-state index contributed by atoms with van der Waals surface area (Å²) in [5.74, 6) is -0.660. The molecule has 0 fully saturated rings. The first kappa shape index (κ1) is 22.7. The van der Waals surface area contributed by atoms with Gasteiger partial charge in [-0.25, -0.2) is 9.59 Å². The zero-order chi connectivity index (χ0) is 20.9. The van der Waals surface area contributed by atoms with Crippen molar-refractivity contribution < 1.29 is 38.1 Å². The first-order valence-corrected chi connectivity index (χ1v) is 8.69. The van der Waals surface area contributed by atoms with Crippen LogP contribution in [0.4, 0.5) is 9.59 Å². The number of rotatable bonds is 9. The third-order valence-electron chi connectivity index (χ3n) is 3.15. The number of hydrogen-bond acceptors (Lipinski definition) is 8. The maximum absolute atomic E-state index is 11.6. The molecule has 0 aliphatic carbocycles. The van der Waals surface area contributed by atoms with Crippen LogP contribution in [-0.4, -0.2) is 50.4 Å². The van der Waals surface area contributed by atoms with Crippen LogP contribution in [0, 0.1) is 0 Å². The van der Waals surface area contributed by atoms with Gasteiger partial charge in [0.1, 0.15) is 0 Å². The number of ether oxygens (including phenoxy) is 4. The topological polar surface area (TPSA) is 129 Å². The van der Waals surface area contributed by atoms with Crippen molar-refractivity contribution in [2.45, 2.75) is 27.2 Å². The van der Waals surface area contributed by atoms with E-state index in [1.807, 2.05) is 0 Å². The fourth-order valence-corrected chi connectivity index (χ4v) is 1.96. The third-order valence-corrected chi connectivity index (χ3v) is 3.15. The molecule has 0 saturated heterocycles. The minimum Gasteiger partial charge on any atom is -0.434 e. The van der Waals surface area contributed by atoms with Crippen molar-refractivity contribution in [3.05, 3.63) is 23.8 Å². The molecule has 0 aliphatic rings. The van der Waals surface area contributed by atoms with E-state index in [9.17, 15) is 19.2 Å². The van der Waals surface area contributed by atoms with Crippen molar-refractivity contribution in [1.82, 2.24) is 10.6 Å². The molecule has 1 aromatic rings. The minimum absolute atomic E-state index is 0.00931. The average Bonchev–Trinajstić information content (AvgIpc) is 2.62. The lowest BCUT2D eigenvalue weighted by molar-refractivity contribution is -0.125. The van der Waals surface area contributed by atoms with Crippen molar-refractivity contribution in [1.29, 1.82) is 0 Å². The van der Waals surface area contributed by atoms with Gasteiger partial charge >= 0.3 is 12.3 Å². The Kier molecular flexibility index (Phi) is 9.87. The Bertz CT molecular complexity index is 705. The Balaban J connectivity index is 2.76. The van der Waals surface area contributed by atoms with Gasteiger partial charge in [0, 0.05) is 13.5 Å². The Morgan fingerprint density at radius 1 is 0.893 bits per heavy atom. The Hall–Kier alpha value is -3.30. The molecule has 0 aliphatic heterocycles. The number of carbonyl (C=O) groups is 4. The highest BCUT2D eigenvalue weighted by molar-refractivity contribution is 5.83. The van der Waals surface area contributed by atoms with Gasteiger partial charge in [0.15, 0.2) is 11.5 Å². The zero-order valence-corrected chi connectivity index (χ0v) is 16.0. The van der Waals surface area contributed by atoms with Crippen molar-refractivity contribution in [2.24, 2.45) is 0 Å². The van der Waals surface area contributed by atoms with E-state index in [1.54, 1.807) is 19.9 Å². The summed E-state index contributed by atoms with van der Waals surface area (Å²) in [5, 5.41) is 5.03. The summed E-state index contributed by atoms with van der Waals surface area (Å²) in [6, 6.07) is 4.58. The molecule has 0 aromatic heterocycles. The second kappa shape index (κ2) is 12.2. The molecule has 1 aromatic carbocycles. The van der Waals surface area contributed by atoms with E-state index in [-0.39, 0.29) is 49.6 Å². The highest BCUT2D eigenvalue weighted by atomic mass is 16.7. The van der Waals surface area contributed by atoms with Gasteiger partial charge in [0.05, 0.1) is 19.8 Å². The van der Waals surface area contributed by atoms with Crippen LogP contribution in [0.1, 0.15) is 26.3 Å². The summed E-state index contributed by atoms with van der Waals surface area (Å²) < 4.78 is 19.5. The van der Waals surface area contributed by atoms with Crippen molar-refractivity contribution in [2.75, 3.05) is 26.3 Å². The molecular weight excluding hydrogens is 372 g/mol. The smallest absolute Gasteiger partial charge is 0.434 e. The molecule has 0 spiro atoms. The van der Waals surface area contributed by atoms with E-state index < -0.39 is 12.3 Å². The van der Waals surface area contributed by atoms with Gasteiger partial charge in [-0.3, -0.25) is 9.59 Å². The Morgan fingerprint density at radius 2 is 1.50 bits per heavy atom. The van der Waals surface area contributed by atoms with Crippen LogP contribution in [-0.2, 0) is 25.5 Å². The molecule has 1 rings (SSSR count). The summed E-state index contributed by atoms with van der Waals surface area (Å²) >= 11 is 0. The van der Waals surface area contributed by atoms with E-state index in [4.69, 9.17) is 18.9 Å². The predicted molar refractivity (Wildman–Crippen MR) is 97.1 cm³/mol. The third kappa shape index (κ3) is 8.88. The van der Waals surface area contributed by atoms with Crippen molar-refractivity contribution >= 4 is 24.1 Å². The number of benzene rings is 1. The summed E-state index contributed by atoms with van der Waals surface area (Å²) in [6.07, 6.45) is -1.48. The molecule has 0 bridgehead atoms. The maximum Gasteiger partial charge on any atom is 0.513 e. The van der Waals surface area contributed by atoms with Crippen LogP contribution in [0.15, 0.2) is 18.2 Å². The lowest BCUT2D eigenvalue weighted by Crippen LogP contribution is -2.36. The predicted octanol–water partition coefficient (Wildman–Crippen LogP) is 1.55. The van der Waals surface area contributed by atoms with Crippen LogP contribution < -0.4 is 20.1 Å². The highest BCUT2D eigenvalue weighted by Crippen LogP contribution is 2.29. The largest absolute Gasteiger partial charge is 0.513 e. The normalized spacial score (nSPS) is 9.82. The summed E-state index contributed by atoms with van der Waals surface area (Å²) in [7, 11) is 0. The minimum atomic E-state index is -0.947. The second-order valence-corrected chi connectivity index (χ2v) is 5.36. The average molecular weight is 396 g/mol. The molecule has 10 heteroatoms. The van der Waals surface area contributed by atoms with Crippen LogP contribution in [0.3, 0.4) is 0 Å². The number of nitrogens with one attached hydrogen (secondary N) is 2. The van der Waals surface area contributed by atoms with E-state index in [1.165, 1.54) is 19.1 Å². The second-order valence-electron chi connectivity index (χ2n) is 5.36. The van der Waals surface area contributed by atoms with Gasteiger partial charge in [-0.05, 0) is 38.0 Å². The van der Waals surface area contributed by atoms with Gasteiger partial charge in [-0.1, -0.05) is 6.07 Å². The molecule has 28 heavy (non-hydrogen) atoms. The Morgan fingerprint density at radius 3 is 2.07 bits per heavy atom. The molecule has 154 valence electrons. The van der Waals surface area contributed by atoms with Crippen LogP contribution >= 0.6 is 0 Å². The summed E-state index contributed by atoms with van der Waals surface area (Å²) in [4.78, 5) is 45.5. The van der Waals surface area contributed by atoms with Gasteiger partial charge in [0.2, 0.25) is 11.8 Å². The standard InChI is InChI=1S/C18H24N2O8/c1-4-25-17(23)27-14-7-6-13(10-15(14)28-18(24)26-5-2)8-9-19-16(22)11-20-12(3)21/h6-7,10H,4-5,8-9,11H2,1-3H3,(H,19,22)(H,20,21). The molecule has 10 nitrogen and oxygen atoms in total. The number of hydrogen-bond donors (Lipinski definition) is 2. The fraction of sp³-hybridized carbons (Fsp3) is 0.444. The lowest BCUT2D eigenvalue weighted by atomic mass is 10.1. The van der Waals surface area contributed by atoms with E-state index in [0.717, 1.165) is 0 Å². The summed E-state index contributed by atoms with van der Waals surface area (Å²) in [6.45, 7) is 4.99. The van der Waals surface area contributed by atoms with Gasteiger partial charge < -0.3 is 29.6 Å². The molecular formula is C18H24N2O8. The van der Waals surface area contributed by atoms with Crippen LogP contribution in [0.5, 0.6) is 11.5 Å². The monoisotopic (exact) mass is 396 g/mol.